The highest BCUT2D eigenvalue weighted by molar-refractivity contribution is 5.96. The molecule has 28 heavy (non-hydrogen) atoms. The summed E-state index contributed by atoms with van der Waals surface area (Å²) in [6, 6.07) is 0. The zero-order chi connectivity index (χ0) is 20.4. The van der Waals surface area contributed by atoms with Crippen LogP contribution < -0.4 is 0 Å². The fourth-order valence-electron chi connectivity index (χ4n) is 7.56. The van der Waals surface area contributed by atoms with Crippen molar-refractivity contribution < 1.29 is 39.5 Å². The summed E-state index contributed by atoms with van der Waals surface area (Å²) in [7, 11) is 0. The molecule has 2 heterocycles. The quantitative estimate of drug-likeness (QED) is 0.396. The van der Waals surface area contributed by atoms with E-state index in [1.54, 1.807) is 13.8 Å². The number of hydrogen-bond donors (Lipinski definition) is 4. The number of carbonyl (C=O) groups is 2. The lowest BCUT2D eigenvalue weighted by molar-refractivity contribution is -0.360. The highest BCUT2D eigenvalue weighted by atomic mass is 16.7. The zero-order valence-electron chi connectivity index (χ0n) is 16.1. The summed E-state index contributed by atoms with van der Waals surface area (Å²) in [6.07, 6.45) is -2.13. The molecule has 4 fully saturated rings. The second kappa shape index (κ2) is 5.05. The van der Waals surface area contributed by atoms with E-state index in [1.807, 2.05) is 0 Å². The minimum absolute atomic E-state index is 0.0318. The Hall–Kier alpha value is -1.32. The number of esters is 1. The molecule has 4 N–H and O–H groups in total. The van der Waals surface area contributed by atoms with Gasteiger partial charge in [0.1, 0.15) is 18.3 Å². The van der Waals surface area contributed by atoms with E-state index in [2.05, 4.69) is 0 Å². The maximum Gasteiger partial charge on any atom is 0.306 e. The monoisotopic (exact) mass is 394 g/mol. The lowest BCUT2D eigenvalue weighted by Crippen LogP contribution is -2.79. The first kappa shape index (κ1) is 18.7. The Balaban J connectivity index is 1.80. The second-order valence-electron chi connectivity index (χ2n) is 9.80. The van der Waals surface area contributed by atoms with Crippen LogP contribution in [0.1, 0.15) is 33.6 Å². The number of aliphatic hydroxyl groups is 4. The summed E-state index contributed by atoms with van der Waals surface area (Å²) in [5, 5.41) is 44.6. The van der Waals surface area contributed by atoms with E-state index in [9.17, 15) is 30.0 Å². The van der Waals surface area contributed by atoms with Crippen molar-refractivity contribution in [1.82, 2.24) is 0 Å². The van der Waals surface area contributed by atoms with Crippen molar-refractivity contribution in [3.63, 3.8) is 0 Å². The van der Waals surface area contributed by atoms with E-state index in [1.165, 1.54) is 13.0 Å². The molecule has 10 atom stereocenters. The third-order valence-electron chi connectivity index (χ3n) is 8.65. The average molecular weight is 394 g/mol. The number of ketones is 1. The molecule has 1 spiro atoms. The molecule has 2 aliphatic heterocycles. The highest BCUT2D eigenvalue weighted by Crippen LogP contribution is 2.74. The van der Waals surface area contributed by atoms with Gasteiger partial charge in [-0.3, -0.25) is 9.59 Å². The lowest BCUT2D eigenvalue weighted by atomic mass is 9.37. The van der Waals surface area contributed by atoms with Crippen molar-refractivity contribution in [2.24, 2.45) is 28.6 Å². The van der Waals surface area contributed by atoms with Gasteiger partial charge in [0, 0.05) is 22.7 Å². The predicted molar refractivity (Wildman–Crippen MR) is 92.4 cm³/mol. The van der Waals surface area contributed by atoms with Crippen molar-refractivity contribution in [3.8, 4) is 0 Å². The van der Waals surface area contributed by atoms with Crippen molar-refractivity contribution in [3.05, 3.63) is 11.6 Å². The summed E-state index contributed by atoms with van der Waals surface area (Å²) in [5.74, 6) is -5.08. The molecule has 0 amide bonds. The third kappa shape index (κ3) is 1.72. The first-order valence-corrected chi connectivity index (χ1v) is 9.78. The number of fused-ring (bicyclic) bond motifs is 1. The molecule has 0 aromatic rings. The van der Waals surface area contributed by atoms with Gasteiger partial charge in [0.15, 0.2) is 11.6 Å². The molecular weight excluding hydrogens is 368 g/mol. The maximum atomic E-state index is 12.5. The molecule has 10 unspecified atom stereocenters. The number of ether oxygens (including phenoxy) is 2. The summed E-state index contributed by atoms with van der Waals surface area (Å²) in [4.78, 5) is 24.9. The van der Waals surface area contributed by atoms with Crippen LogP contribution in [0.15, 0.2) is 11.6 Å². The predicted octanol–water partition coefficient (Wildman–Crippen LogP) is -0.719. The molecule has 2 saturated carbocycles. The van der Waals surface area contributed by atoms with Gasteiger partial charge in [-0.1, -0.05) is 12.5 Å². The molecule has 5 aliphatic rings. The van der Waals surface area contributed by atoms with Crippen molar-refractivity contribution >= 4 is 11.8 Å². The van der Waals surface area contributed by atoms with Crippen LogP contribution in [0.25, 0.3) is 0 Å². The fourth-order valence-corrected chi connectivity index (χ4v) is 7.56. The lowest BCUT2D eigenvalue weighted by Gasteiger charge is -2.68. The summed E-state index contributed by atoms with van der Waals surface area (Å²) in [5.41, 5.74) is -3.20. The summed E-state index contributed by atoms with van der Waals surface area (Å²) < 4.78 is 11.5. The van der Waals surface area contributed by atoms with Gasteiger partial charge in [0.25, 0.3) is 0 Å². The summed E-state index contributed by atoms with van der Waals surface area (Å²) >= 11 is 0. The Morgan fingerprint density at radius 2 is 1.86 bits per heavy atom. The first-order chi connectivity index (χ1) is 12.9. The topological polar surface area (TPSA) is 134 Å². The maximum absolute atomic E-state index is 12.5. The second-order valence-corrected chi connectivity index (χ2v) is 9.80. The highest BCUT2D eigenvalue weighted by Gasteiger charge is 2.84. The largest absolute Gasteiger partial charge is 0.462 e. The van der Waals surface area contributed by atoms with Gasteiger partial charge < -0.3 is 29.9 Å². The van der Waals surface area contributed by atoms with Crippen LogP contribution in [-0.2, 0) is 19.1 Å². The molecule has 154 valence electrons. The zero-order valence-corrected chi connectivity index (χ0v) is 16.1. The van der Waals surface area contributed by atoms with Crippen molar-refractivity contribution in [1.29, 1.82) is 0 Å². The van der Waals surface area contributed by atoms with Gasteiger partial charge in [-0.25, -0.2) is 0 Å². The first-order valence-electron chi connectivity index (χ1n) is 9.78. The average Bonchev–Trinajstić information content (AvgIpc) is 2.91. The smallest absolute Gasteiger partial charge is 0.306 e. The van der Waals surface area contributed by atoms with Gasteiger partial charge in [-0.05, 0) is 32.3 Å². The van der Waals surface area contributed by atoms with Crippen LogP contribution >= 0.6 is 0 Å². The standard InChI is InChI=1S/C20H26O8/c1-8-4-10(21)14(23)17(2)9(8)5-12-19-7-27-20(26,15(17)19)16(24)18(3,25)11(19)6-13(22)28-12/h4,9,11-12,14-16,23-26H,5-7H2,1-3H3. The SMILES string of the molecule is CC1=CC(=O)C(O)C2(C)C1CC1OC(=O)CC3C(C)(O)C(O)C4(O)OCC13C42. The molecule has 5 rings (SSSR count). The minimum Gasteiger partial charge on any atom is -0.462 e. The molecule has 0 aromatic heterocycles. The van der Waals surface area contributed by atoms with E-state index >= 15 is 0 Å². The minimum atomic E-state index is -2.17. The molecule has 2 saturated heterocycles. The van der Waals surface area contributed by atoms with Gasteiger partial charge in [-0.2, -0.15) is 0 Å². The van der Waals surface area contributed by atoms with E-state index in [-0.39, 0.29) is 18.9 Å². The molecular formula is C20H26O8. The van der Waals surface area contributed by atoms with Gasteiger partial charge in [0.2, 0.25) is 0 Å². The third-order valence-corrected chi connectivity index (χ3v) is 8.65. The molecule has 0 radical (unpaired) electrons. The van der Waals surface area contributed by atoms with Crippen LogP contribution in [-0.4, -0.2) is 68.5 Å². The normalized spacial score (nSPS) is 59.9. The van der Waals surface area contributed by atoms with Crippen molar-refractivity contribution in [2.45, 2.75) is 63.3 Å². The molecule has 8 nitrogen and oxygen atoms in total. The summed E-state index contributed by atoms with van der Waals surface area (Å²) in [6.45, 7) is 4.89. The van der Waals surface area contributed by atoms with Gasteiger partial charge in [0.05, 0.1) is 18.6 Å². The fraction of sp³-hybridized carbons (Fsp3) is 0.800. The van der Waals surface area contributed by atoms with E-state index in [0.717, 1.165) is 5.57 Å². The number of hydrogen-bond acceptors (Lipinski definition) is 8. The molecule has 8 heteroatoms. The number of carbonyl (C=O) groups excluding carboxylic acids is 2. The van der Waals surface area contributed by atoms with Crippen molar-refractivity contribution in [2.75, 3.05) is 6.61 Å². The Bertz CT molecular complexity index is 819. The Kier molecular flexibility index (Phi) is 3.37. The number of aliphatic hydroxyl groups excluding tert-OH is 2. The number of allylic oxidation sites excluding steroid dienone is 1. The van der Waals surface area contributed by atoms with Gasteiger partial charge >= 0.3 is 5.97 Å². The van der Waals surface area contributed by atoms with Gasteiger partial charge in [-0.15, -0.1) is 0 Å². The van der Waals surface area contributed by atoms with E-state index in [4.69, 9.17) is 9.47 Å². The number of rotatable bonds is 0. The molecule has 0 aromatic carbocycles. The van der Waals surface area contributed by atoms with Crippen LogP contribution in [0.5, 0.6) is 0 Å². The molecule has 2 bridgehead atoms. The van der Waals surface area contributed by atoms with E-state index in [0.29, 0.717) is 6.42 Å². The molecule has 3 aliphatic carbocycles. The van der Waals surface area contributed by atoms with Crippen LogP contribution in [0, 0.1) is 28.6 Å². The Morgan fingerprint density at radius 3 is 2.54 bits per heavy atom. The Labute approximate surface area is 162 Å². The van der Waals surface area contributed by atoms with Crippen LogP contribution in [0.2, 0.25) is 0 Å². The van der Waals surface area contributed by atoms with Crippen LogP contribution in [0.3, 0.4) is 0 Å². The Morgan fingerprint density at radius 1 is 1.18 bits per heavy atom. The van der Waals surface area contributed by atoms with E-state index < -0.39 is 64.1 Å². The van der Waals surface area contributed by atoms with Crippen LogP contribution in [0.4, 0.5) is 0 Å².